The molecule has 11 nitrogen and oxygen atoms in total. The first-order chi connectivity index (χ1) is 21.4. The van der Waals surface area contributed by atoms with Crippen molar-refractivity contribution in [2.24, 2.45) is 4.36 Å². The summed E-state index contributed by atoms with van der Waals surface area (Å²) in [5.41, 5.74) is 0.678. The number of carbonyl (C=O) groups is 3. The summed E-state index contributed by atoms with van der Waals surface area (Å²) in [6.07, 6.45) is 0.893. The number of amides is 3. The highest BCUT2D eigenvalue weighted by molar-refractivity contribution is 7.98. The fraction of sp³-hybridized carbons (Fsp3) is 0.167. The van der Waals surface area contributed by atoms with Crippen molar-refractivity contribution in [1.82, 2.24) is 14.9 Å². The van der Waals surface area contributed by atoms with Crippen molar-refractivity contribution in [1.29, 1.82) is 0 Å². The summed E-state index contributed by atoms with van der Waals surface area (Å²) in [6.45, 7) is 0.170. The molecule has 0 aliphatic carbocycles. The normalized spacial score (nSPS) is 13.0. The molecule has 0 fully saturated rings. The predicted octanol–water partition coefficient (Wildman–Crippen LogP) is 5.72. The van der Waals surface area contributed by atoms with Gasteiger partial charge in [-0.1, -0.05) is 22.2 Å². The van der Waals surface area contributed by atoms with Gasteiger partial charge in [0, 0.05) is 35.7 Å². The SMILES string of the molecule is C[SH](O)(Cc1cc(Nc2ncc(F)c(-c3ccc(F)cc3F)n2)cc(OCCCN2C(=O)c3ccccc3C2=O)c1)=NC(=O)O. The molecule has 3 N–H and O–H groups in total. The van der Waals surface area contributed by atoms with Crippen LogP contribution in [0.15, 0.2) is 71.2 Å². The second-order valence-electron chi connectivity index (χ2n) is 10.1. The number of halogens is 3. The zero-order chi connectivity index (χ0) is 32.3. The van der Waals surface area contributed by atoms with Gasteiger partial charge in [0.15, 0.2) is 5.82 Å². The zero-order valence-electron chi connectivity index (χ0n) is 23.6. The number of carbonyl (C=O) groups excluding carboxylic acids is 2. The summed E-state index contributed by atoms with van der Waals surface area (Å²) in [4.78, 5) is 45.4. The molecule has 0 saturated carbocycles. The maximum Gasteiger partial charge on any atom is 0.437 e. The van der Waals surface area contributed by atoms with Gasteiger partial charge in [-0.05, 0) is 54.6 Å². The van der Waals surface area contributed by atoms with E-state index >= 15 is 0 Å². The summed E-state index contributed by atoms with van der Waals surface area (Å²) in [5, 5.41) is 11.9. The number of rotatable bonds is 10. The third-order valence-electron chi connectivity index (χ3n) is 6.61. The van der Waals surface area contributed by atoms with E-state index in [9.17, 15) is 32.1 Å². The molecule has 0 saturated heterocycles. The van der Waals surface area contributed by atoms with Crippen LogP contribution in [0.1, 0.15) is 32.7 Å². The van der Waals surface area contributed by atoms with Crippen molar-refractivity contribution >= 4 is 39.6 Å². The first kappa shape index (κ1) is 31.3. The Bertz CT molecular complexity index is 1850. The van der Waals surface area contributed by atoms with Gasteiger partial charge in [-0.15, -0.1) is 0 Å². The number of hydrogen-bond donors (Lipinski definition) is 4. The first-order valence-electron chi connectivity index (χ1n) is 13.4. The van der Waals surface area contributed by atoms with Crippen LogP contribution in [-0.4, -0.2) is 61.8 Å². The van der Waals surface area contributed by atoms with E-state index in [2.05, 4.69) is 19.6 Å². The quantitative estimate of drug-likeness (QED) is 0.0967. The van der Waals surface area contributed by atoms with E-state index in [-0.39, 0.29) is 48.3 Å². The molecule has 4 aromatic rings. The number of anilines is 2. The maximum atomic E-state index is 14.5. The summed E-state index contributed by atoms with van der Waals surface area (Å²) in [5.74, 6) is -3.63. The van der Waals surface area contributed by atoms with Crippen LogP contribution >= 0.6 is 0 Å². The van der Waals surface area contributed by atoms with Crippen molar-refractivity contribution in [3.8, 4) is 17.0 Å². The smallest absolute Gasteiger partial charge is 0.437 e. The minimum Gasteiger partial charge on any atom is -0.493 e. The van der Waals surface area contributed by atoms with Crippen LogP contribution in [-0.2, 0) is 15.9 Å². The van der Waals surface area contributed by atoms with Gasteiger partial charge in [-0.2, -0.15) is 4.36 Å². The molecule has 2 heterocycles. The molecule has 1 aliphatic heterocycles. The highest BCUT2D eigenvalue weighted by Gasteiger charge is 2.34. The molecule has 1 aromatic heterocycles. The Morgan fingerprint density at radius 1 is 1.00 bits per heavy atom. The number of nitrogens with one attached hydrogen (secondary N) is 1. The van der Waals surface area contributed by atoms with Gasteiger partial charge >= 0.3 is 6.09 Å². The summed E-state index contributed by atoms with van der Waals surface area (Å²) < 4.78 is 62.2. The zero-order valence-corrected chi connectivity index (χ0v) is 24.5. The average Bonchev–Trinajstić information content (AvgIpc) is 3.20. The molecule has 0 spiro atoms. The maximum absolute atomic E-state index is 14.5. The minimum absolute atomic E-state index is 0.0718. The van der Waals surface area contributed by atoms with Crippen LogP contribution in [0.25, 0.3) is 11.3 Å². The molecule has 0 atom stereocenters. The second kappa shape index (κ2) is 12.8. The second-order valence-corrected chi connectivity index (χ2v) is 12.8. The Morgan fingerprint density at radius 3 is 2.38 bits per heavy atom. The van der Waals surface area contributed by atoms with Gasteiger partial charge in [0.25, 0.3) is 11.8 Å². The number of thiol groups is 1. The summed E-state index contributed by atoms with van der Waals surface area (Å²) >= 11 is 0. The number of fused-ring (bicyclic) bond motifs is 1. The lowest BCUT2D eigenvalue weighted by Crippen LogP contribution is -2.31. The van der Waals surface area contributed by atoms with Crippen LogP contribution in [0.2, 0.25) is 0 Å². The lowest BCUT2D eigenvalue weighted by atomic mass is 10.1. The number of aromatic nitrogens is 2. The molecule has 3 aromatic carbocycles. The lowest BCUT2D eigenvalue weighted by molar-refractivity contribution is 0.0646. The van der Waals surface area contributed by atoms with Crippen LogP contribution in [0, 0.1) is 17.5 Å². The predicted molar refractivity (Wildman–Crippen MR) is 160 cm³/mol. The van der Waals surface area contributed by atoms with Crippen LogP contribution in [0.3, 0.4) is 0 Å². The molecular formula is C30H26F3N5O6S. The van der Waals surface area contributed by atoms with Crippen LogP contribution in [0.4, 0.5) is 29.6 Å². The van der Waals surface area contributed by atoms with Gasteiger partial charge in [-0.25, -0.2) is 27.9 Å². The molecule has 234 valence electrons. The van der Waals surface area contributed by atoms with E-state index in [1.54, 1.807) is 36.4 Å². The van der Waals surface area contributed by atoms with Gasteiger partial charge < -0.3 is 19.7 Å². The highest BCUT2D eigenvalue weighted by Crippen LogP contribution is 2.29. The topological polar surface area (TPSA) is 154 Å². The number of nitrogens with zero attached hydrogens (tertiary/aromatic N) is 4. The van der Waals surface area contributed by atoms with Crippen LogP contribution < -0.4 is 10.1 Å². The van der Waals surface area contributed by atoms with E-state index in [1.165, 1.54) is 12.3 Å². The Morgan fingerprint density at radius 2 is 1.71 bits per heavy atom. The Kier molecular flexibility index (Phi) is 8.92. The van der Waals surface area contributed by atoms with E-state index < -0.39 is 51.2 Å². The van der Waals surface area contributed by atoms with Crippen molar-refractivity contribution < 1.29 is 42.0 Å². The molecule has 0 unspecified atom stereocenters. The fourth-order valence-electron chi connectivity index (χ4n) is 4.75. The summed E-state index contributed by atoms with van der Waals surface area (Å²) in [6, 6.07) is 13.8. The first-order valence-corrected chi connectivity index (χ1v) is 15.7. The number of benzene rings is 3. The van der Waals surface area contributed by atoms with Gasteiger partial charge in [0.05, 0.1) is 23.9 Å². The Labute approximate surface area is 255 Å². The molecule has 15 heteroatoms. The standard InChI is InChI=1S/C30H26F3N5O6S/c1-45(43,37-30(41)42)16-17-11-19(35-29-34-15-25(33)26(36-29)23-8-7-18(31)13-24(23)32)14-20(12-17)44-10-4-9-38-27(39)21-5-2-3-6-22(21)28(38)40/h2-3,5-8,11-15,45H,4,9-10,16H2,1H3,(H,37,43)(H,41,42)(H,34,35,36). The highest BCUT2D eigenvalue weighted by atomic mass is 32.3. The van der Waals surface area contributed by atoms with E-state index in [4.69, 9.17) is 9.84 Å². The summed E-state index contributed by atoms with van der Waals surface area (Å²) in [7, 11) is -3.29. The van der Waals surface area contributed by atoms with E-state index in [0.29, 0.717) is 22.8 Å². The molecule has 5 rings (SSSR count). The monoisotopic (exact) mass is 641 g/mol. The molecule has 45 heavy (non-hydrogen) atoms. The van der Waals surface area contributed by atoms with E-state index in [1.807, 2.05) is 0 Å². The largest absolute Gasteiger partial charge is 0.493 e. The fourth-order valence-corrected chi connectivity index (χ4v) is 6.07. The van der Waals surface area contributed by atoms with Crippen LogP contribution in [0.5, 0.6) is 5.75 Å². The average molecular weight is 642 g/mol. The molecule has 0 radical (unpaired) electrons. The molecule has 1 aliphatic rings. The third-order valence-corrected chi connectivity index (χ3v) is 8.18. The molecule has 3 amide bonds. The molecular weight excluding hydrogens is 615 g/mol. The number of ether oxygens (including phenoxy) is 1. The Balaban J connectivity index is 1.36. The van der Waals surface area contributed by atoms with Gasteiger partial charge in [0.2, 0.25) is 5.95 Å². The lowest BCUT2D eigenvalue weighted by Gasteiger charge is -2.19. The third kappa shape index (κ3) is 7.33. The van der Waals surface area contributed by atoms with Crippen molar-refractivity contribution in [3.63, 3.8) is 0 Å². The Hall–Kier alpha value is -5.15. The van der Waals surface area contributed by atoms with Gasteiger partial charge in [0.1, 0.15) is 23.1 Å². The van der Waals surface area contributed by atoms with Crippen molar-refractivity contribution in [2.75, 3.05) is 24.7 Å². The van der Waals surface area contributed by atoms with Gasteiger partial charge in [-0.3, -0.25) is 14.5 Å². The molecule has 0 bridgehead atoms. The van der Waals surface area contributed by atoms with E-state index in [0.717, 1.165) is 23.2 Å². The number of carboxylic acid groups (broad SMARTS) is 1. The number of hydrogen-bond acceptors (Lipinski definition) is 7. The minimum atomic E-state index is -3.29. The van der Waals surface area contributed by atoms with Crippen molar-refractivity contribution in [3.05, 3.63) is 101 Å². The number of imide groups is 1. The van der Waals surface area contributed by atoms with Crippen molar-refractivity contribution in [2.45, 2.75) is 12.2 Å².